The van der Waals surface area contributed by atoms with E-state index in [-0.39, 0.29) is 36.5 Å². The van der Waals surface area contributed by atoms with Crippen LogP contribution < -0.4 is 20.7 Å². The number of carbonyl (C=O) groups is 4. The summed E-state index contributed by atoms with van der Waals surface area (Å²) in [4.78, 5) is 51.4. The highest BCUT2D eigenvalue weighted by Crippen LogP contribution is 2.36. The Hall–Kier alpha value is -4.34. The first kappa shape index (κ1) is 40.8. The van der Waals surface area contributed by atoms with E-state index in [4.69, 9.17) is 14.2 Å². The van der Waals surface area contributed by atoms with E-state index in [1.165, 1.54) is 6.92 Å². The molecule has 7 N–H and O–H groups in total. The summed E-state index contributed by atoms with van der Waals surface area (Å²) in [6.45, 7) is 5.65. The van der Waals surface area contributed by atoms with Gasteiger partial charge in [0.2, 0.25) is 11.8 Å². The number of amides is 3. The quantitative estimate of drug-likeness (QED) is 0.226. The molecule has 6 rings (SSSR count). The molecule has 4 aliphatic rings. The number of carboxylic acids is 1. The van der Waals surface area contributed by atoms with Gasteiger partial charge < -0.3 is 50.6 Å². The first-order chi connectivity index (χ1) is 25.8. The van der Waals surface area contributed by atoms with Crippen molar-refractivity contribution in [3.8, 4) is 5.75 Å². The van der Waals surface area contributed by atoms with Crippen LogP contribution in [0.1, 0.15) is 90.5 Å². The minimum absolute atomic E-state index is 0.0729. The molecule has 8 atom stereocenters. The van der Waals surface area contributed by atoms with Crippen LogP contribution in [0.5, 0.6) is 5.75 Å². The smallest absolute Gasteiger partial charge is 0.336 e. The van der Waals surface area contributed by atoms with Gasteiger partial charge in [0.05, 0.1) is 36.8 Å². The van der Waals surface area contributed by atoms with Gasteiger partial charge in [-0.1, -0.05) is 36.4 Å². The molecule has 0 spiro atoms. The average molecular weight is 752 g/mol. The number of fused-ring (bicyclic) bond motifs is 12. The number of aliphatic hydroxyl groups excluding tert-OH is 3. The minimum atomic E-state index is -1.99. The molecule has 14 nitrogen and oxygen atoms in total. The molecule has 4 aliphatic heterocycles. The molecule has 4 heterocycles. The second-order valence-corrected chi connectivity index (χ2v) is 14.7. The van der Waals surface area contributed by atoms with Crippen LogP contribution in [0.15, 0.2) is 48.6 Å². The summed E-state index contributed by atoms with van der Waals surface area (Å²) >= 11 is 0. The first-order valence-electron chi connectivity index (χ1n) is 18.6. The van der Waals surface area contributed by atoms with Crippen LogP contribution in [-0.2, 0) is 30.5 Å². The largest absolute Gasteiger partial charge is 0.488 e. The van der Waals surface area contributed by atoms with Crippen molar-refractivity contribution in [1.82, 2.24) is 16.0 Å². The highest BCUT2D eigenvalue weighted by molar-refractivity contribution is 5.95. The zero-order valence-corrected chi connectivity index (χ0v) is 31.1. The van der Waals surface area contributed by atoms with Crippen molar-refractivity contribution in [3.05, 3.63) is 76.4 Å². The topological polar surface area (TPSA) is 213 Å². The molecule has 54 heavy (non-hydrogen) atoms. The van der Waals surface area contributed by atoms with Gasteiger partial charge in [-0.3, -0.25) is 14.4 Å². The van der Waals surface area contributed by atoms with E-state index in [9.17, 15) is 39.6 Å². The average Bonchev–Trinajstić information content (AvgIpc) is 3.14. The van der Waals surface area contributed by atoms with Crippen LogP contribution in [0.4, 0.5) is 0 Å². The van der Waals surface area contributed by atoms with E-state index in [0.717, 1.165) is 24.0 Å². The van der Waals surface area contributed by atoms with E-state index in [1.807, 2.05) is 44.2 Å². The number of carbonyl (C=O) groups excluding carboxylic acids is 3. The molecule has 3 amide bonds. The second kappa shape index (κ2) is 18.3. The third-order valence-electron chi connectivity index (χ3n) is 10.4. The van der Waals surface area contributed by atoms with E-state index in [1.54, 1.807) is 18.2 Å². The molecule has 2 aromatic carbocycles. The number of nitrogens with one attached hydrogen (secondary N) is 3. The normalized spacial score (nSPS) is 30.5. The molecule has 0 radical (unpaired) electrons. The van der Waals surface area contributed by atoms with Gasteiger partial charge in [-0.05, 0) is 80.3 Å². The van der Waals surface area contributed by atoms with Crippen molar-refractivity contribution >= 4 is 23.7 Å². The molecule has 2 aromatic rings. The zero-order chi connectivity index (χ0) is 39.0. The molecule has 14 heteroatoms. The maximum Gasteiger partial charge on any atom is 0.336 e. The Morgan fingerprint density at radius 3 is 2.41 bits per heavy atom. The highest BCUT2D eigenvalue weighted by Gasteiger charge is 2.54. The first-order valence-corrected chi connectivity index (χ1v) is 18.6. The summed E-state index contributed by atoms with van der Waals surface area (Å²) in [5.74, 6) is -2.19. The van der Waals surface area contributed by atoms with Crippen LogP contribution in [-0.4, -0.2) is 99.9 Å². The third-order valence-corrected chi connectivity index (χ3v) is 10.4. The highest BCUT2D eigenvalue weighted by atomic mass is 16.6. The molecule has 2 saturated heterocycles. The van der Waals surface area contributed by atoms with Crippen molar-refractivity contribution in [2.24, 2.45) is 5.92 Å². The second-order valence-electron chi connectivity index (χ2n) is 14.7. The molecule has 0 aliphatic carbocycles. The number of hydrogen-bond donors (Lipinski definition) is 7. The number of rotatable bonds is 4. The summed E-state index contributed by atoms with van der Waals surface area (Å²) in [6.07, 6.45) is -0.279. The van der Waals surface area contributed by atoms with Crippen molar-refractivity contribution in [2.75, 3.05) is 19.8 Å². The summed E-state index contributed by atoms with van der Waals surface area (Å²) in [5, 5.41) is 52.2. The fourth-order valence-electron chi connectivity index (χ4n) is 7.51. The number of ether oxygens (including phenoxy) is 3. The van der Waals surface area contributed by atoms with Crippen LogP contribution in [0, 0.1) is 19.8 Å². The number of aliphatic carboxylic acids is 1. The van der Waals surface area contributed by atoms with Crippen LogP contribution in [0.2, 0.25) is 0 Å². The Balaban J connectivity index is 1.45. The number of hydrogen-bond acceptors (Lipinski definition) is 10. The lowest BCUT2D eigenvalue weighted by Gasteiger charge is -2.47. The maximum atomic E-state index is 13.4. The fourth-order valence-corrected chi connectivity index (χ4v) is 7.51. The van der Waals surface area contributed by atoms with E-state index in [2.05, 4.69) is 16.0 Å². The molecule has 0 aromatic heterocycles. The van der Waals surface area contributed by atoms with Crippen molar-refractivity contribution in [1.29, 1.82) is 0 Å². The molecular formula is C40H53N3O11. The molecule has 6 bridgehead atoms. The van der Waals surface area contributed by atoms with Crippen LogP contribution >= 0.6 is 0 Å². The van der Waals surface area contributed by atoms with Crippen molar-refractivity contribution in [2.45, 2.75) is 114 Å². The third kappa shape index (κ3) is 10.0. The SMILES string of the molecule is CC(=O)N[C@H]1[C@H]2O[C@](C(=O)O)(C/C=C/CCC[C@@H](NC(=O)[C@H]3CCCOC3)c3cccc(c3)COc3c(C)cc(cc3C)C(=O)NC[C@@H](O)[C@H]2O)C[C@@H]1O. The fraction of sp³-hybridized carbons (Fsp3) is 0.550. The van der Waals surface area contributed by atoms with Crippen molar-refractivity contribution < 1.29 is 53.8 Å². The molecule has 294 valence electrons. The molecule has 2 fully saturated rings. The number of allylic oxidation sites excluding steroid dienone is 1. The van der Waals surface area contributed by atoms with Crippen LogP contribution in [0.3, 0.4) is 0 Å². The molecule has 0 saturated carbocycles. The minimum Gasteiger partial charge on any atom is -0.488 e. The van der Waals surface area contributed by atoms with Gasteiger partial charge >= 0.3 is 5.97 Å². The van der Waals surface area contributed by atoms with Gasteiger partial charge in [0.25, 0.3) is 5.91 Å². The van der Waals surface area contributed by atoms with Gasteiger partial charge in [-0.25, -0.2) is 4.79 Å². The summed E-state index contributed by atoms with van der Waals surface area (Å²) in [7, 11) is 0. The van der Waals surface area contributed by atoms with Gasteiger partial charge in [0, 0.05) is 38.5 Å². The van der Waals surface area contributed by atoms with Crippen molar-refractivity contribution in [3.63, 3.8) is 0 Å². The number of carboxylic acid groups (broad SMARTS) is 1. The van der Waals surface area contributed by atoms with E-state index < -0.39 is 66.8 Å². The Bertz CT molecular complexity index is 1670. The molecule has 0 unspecified atom stereocenters. The summed E-state index contributed by atoms with van der Waals surface area (Å²) < 4.78 is 17.9. The van der Waals surface area contributed by atoms with Gasteiger partial charge in [0.15, 0.2) is 5.60 Å². The Morgan fingerprint density at radius 2 is 1.72 bits per heavy atom. The number of aryl methyl sites for hydroxylation is 2. The summed E-state index contributed by atoms with van der Waals surface area (Å²) in [6, 6.07) is 9.58. The summed E-state index contributed by atoms with van der Waals surface area (Å²) in [5.41, 5.74) is 1.50. The lowest BCUT2D eigenvalue weighted by atomic mass is 9.81. The Morgan fingerprint density at radius 1 is 0.963 bits per heavy atom. The van der Waals surface area contributed by atoms with E-state index in [0.29, 0.717) is 49.4 Å². The predicted octanol–water partition coefficient (Wildman–Crippen LogP) is 2.53. The zero-order valence-electron chi connectivity index (χ0n) is 31.1. The van der Waals surface area contributed by atoms with E-state index >= 15 is 0 Å². The van der Waals surface area contributed by atoms with Gasteiger partial charge in [-0.2, -0.15) is 0 Å². The molecular weight excluding hydrogens is 698 g/mol. The predicted molar refractivity (Wildman–Crippen MR) is 197 cm³/mol. The standard InChI is InChI=1S/C40H53N3O11/c1-23-16-29-17-24(2)35(23)53-21-26-10-8-11-27(18-26)30(43-38(49)28-12-9-15-52-22-28)13-6-4-5-7-14-40(39(50)51)19-31(45)33(42-25(3)44)36(54-40)34(47)32(46)20-41-37(29)48/h5,7-8,10-11,16-18,28,30-34,36,45-47H,4,6,9,12-15,19-22H2,1-3H3,(H,41,48)(H,42,44)(H,43,49)(H,50,51)/b7-5+/t28-,30+,31-,32+,33+,34+,36+,40+/m0/s1. The Labute approximate surface area is 315 Å². The lowest BCUT2D eigenvalue weighted by molar-refractivity contribution is -0.226. The Kier molecular flexibility index (Phi) is 13.9. The van der Waals surface area contributed by atoms with Crippen LogP contribution in [0.25, 0.3) is 0 Å². The maximum absolute atomic E-state index is 13.4. The lowest BCUT2D eigenvalue weighted by Crippen LogP contribution is -2.67. The number of aliphatic hydroxyl groups is 3. The monoisotopic (exact) mass is 751 g/mol. The number of benzene rings is 2. The van der Waals surface area contributed by atoms with Gasteiger partial charge in [0.1, 0.15) is 24.6 Å². The van der Waals surface area contributed by atoms with Gasteiger partial charge in [-0.15, -0.1) is 0 Å².